The van der Waals surface area contributed by atoms with E-state index in [0.717, 1.165) is 0 Å². The molecule has 2 rings (SSSR count). The van der Waals surface area contributed by atoms with E-state index in [2.05, 4.69) is 5.32 Å². The van der Waals surface area contributed by atoms with Gasteiger partial charge in [-0.1, -0.05) is 0 Å². The van der Waals surface area contributed by atoms with E-state index >= 15 is 0 Å². The maximum atomic E-state index is 12.0. The lowest BCUT2D eigenvalue weighted by atomic mass is 10.1. The standard InChI is InChI=1S/C12H16N2O4S/c1-18-9-2-3-10(13)11(6-9)14-12(15)8-4-5-19(16,17)7-8/h2-3,6,8H,4-5,7,13H2,1H3,(H,14,15). The van der Waals surface area contributed by atoms with Gasteiger partial charge in [0, 0.05) is 6.07 Å². The average molecular weight is 284 g/mol. The van der Waals surface area contributed by atoms with Gasteiger partial charge in [0.2, 0.25) is 5.91 Å². The number of nitrogens with one attached hydrogen (secondary N) is 1. The molecule has 1 amide bonds. The number of rotatable bonds is 3. The lowest BCUT2D eigenvalue weighted by Crippen LogP contribution is -2.24. The van der Waals surface area contributed by atoms with Gasteiger partial charge in [0.25, 0.3) is 0 Å². The summed E-state index contributed by atoms with van der Waals surface area (Å²) in [5.41, 5.74) is 6.61. The molecule has 104 valence electrons. The van der Waals surface area contributed by atoms with Gasteiger partial charge in [-0.3, -0.25) is 4.79 Å². The second-order valence-corrected chi connectivity index (χ2v) is 6.77. The predicted octanol–water partition coefficient (Wildman–Crippen LogP) is 0.651. The van der Waals surface area contributed by atoms with E-state index in [-0.39, 0.29) is 17.4 Å². The number of ether oxygens (including phenoxy) is 1. The van der Waals surface area contributed by atoms with E-state index in [1.54, 1.807) is 18.2 Å². The highest BCUT2D eigenvalue weighted by atomic mass is 32.2. The van der Waals surface area contributed by atoms with Crippen molar-refractivity contribution in [3.63, 3.8) is 0 Å². The van der Waals surface area contributed by atoms with Crippen molar-refractivity contribution in [2.45, 2.75) is 6.42 Å². The number of hydrogen-bond acceptors (Lipinski definition) is 5. The Morgan fingerprint density at radius 3 is 2.79 bits per heavy atom. The first-order valence-corrected chi connectivity index (χ1v) is 7.68. The molecule has 6 nitrogen and oxygen atoms in total. The molecule has 0 aromatic heterocycles. The molecule has 0 spiro atoms. The summed E-state index contributed by atoms with van der Waals surface area (Å²) >= 11 is 0. The van der Waals surface area contributed by atoms with Gasteiger partial charge in [-0.25, -0.2) is 8.42 Å². The molecule has 1 aromatic rings. The van der Waals surface area contributed by atoms with Crippen molar-refractivity contribution in [3.05, 3.63) is 18.2 Å². The van der Waals surface area contributed by atoms with Gasteiger partial charge in [0.05, 0.1) is 35.9 Å². The molecule has 0 radical (unpaired) electrons. The number of anilines is 2. The van der Waals surface area contributed by atoms with Gasteiger partial charge in [0.15, 0.2) is 9.84 Å². The number of nitrogens with two attached hydrogens (primary N) is 1. The largest absolute Gasteiger partial charge is 0.497 e. The normalized spacial score (nSPS) is 21.0. The summed E-state index contributed by atoms with van der Waals surface area (Å²) < 4.78 is 27.7. The van der Waals surface area contributed by atoms with E-state index < -0.39 is 15.8 Å². The molecule has 7 heteroatoms. The third-order valence-electron chi connectivity index (χ3n) is 3.12. The quantitative estimate of drug-likeness (QED) is 0.794. The first-order chi connectivity index (χ1) is 8.91. The van der Waals surface area contributed by atoms with Crippen molar-refractivity contribution in [3.8, 4) is 5.75 Å². The molecule has 0 saturated carbocycles. The van der Waals surface area contributed by atoms with Crippen LogP contribution in [0.1, 0.15) is 6.42 Å². The smallest absolute Gasteiger partial charge is 0.228 e. The molecule has 1 saturated heterocycles. The number of benzene rings is 1. The van der Waals surface area contributed by atoms with Crippen molar-refractivity contribution in [1.29, 1.82) is 0 Å². The highest BCUT2D eigenvalue weighted by Crippen LogP contribution is 2.26. The van der Waals surface area contributed by atoms with Crippen LogP contribution in [0.3, 0.4) is 0 Å². The van der Waals surface area contributed by atoms with E-state index in [0.29, 0.717) is 23.5 Å². The highest BCUT2D eigenvalue weighted by Gasteiger charge is 2.33. The summed E-state index contributed by atoms with van der Waals surface area (Å²) in [7, 11) is -1.56. The summed E-state index contributed by atoms with van der Waals surface area (Å²) in [5, 5.41) is 2.66. The van der Waals surface area contributed by atoms with Gasteiger partial charge in [-0.15, -0.1) is 0 Å². The Bertz CT molecular complexity index is 598. The minimum Gasteiger partial charge on any atom is -0.497 e. The van der Waals surface area contributed by atoms with Crippen LogP contribution in [0.15, 0.2) is 18.2 Å². The fourth-order valence-corrected chi connectivity index (χ4v) is 3.75. The van der Waals surface area contributed by atoms with E-state index in [1.807, 2.05) is 0 Å². The molecule has 1 aromatic carbocycles. The van der Waals surface area contributed by atoms with Crippen LogP contribution in [-0.2, 0) is 14.6 Å². The molecule has 1 heterocycles. The van der Waals surface area contributed by atoms with Crippen LogP contribution in [0.4, 0.5) is 11.4 Å². The summed E-state index contributed by atoms with van der Waals surface area (Å²) in [6.45, 7) is 0. The second-order valence-electron chi connectivity index (χ2n) is 4.54. The fraction of sp³-hybridized carbons (Fsp3) is 0.417. The zero-order chi connectivity index (χ0) is 14.0. The van der Waals surface area contributed by atoms with Crippen LogP contribution >= 0.6 is 0 Å². The van der Waals surface area contributed by atoms with Gasteiger partial charge in [-0.05, 0) is 18.6 Å². The van der Waals surface area contributed by atoms with E-state index in [9.17, 15) is 13.2 Å². The molecular formula is C12H16N2O4S. The number of carbonyl (C=O) groups excluding carboxylic acids is 1. The molecule has 3 N–H and O–H groups in total. The maximum absolute atomic E-state index is 12.0. The Morgan fingerprint density at radius 1 is 1.47 bits per heavy atom. The van der Waals surface area contributed by atoms with Crippen LogP contribution in [0, 0.1) is 5.92 Å². The Labute approximate surface area is 111 Å². The Kier molecular flexibility index (Phi) is 3.66. The van der Waals surface area contributed by atoms with Crippen LogP contribution in [-0.4, -0.2) is 32.9 Å². The Morgan fingerprint density at radius 2 is 2.21 bits per heavy atom. The number of carbonyl (C=O) groups is 1. The number of sulfone groups is 1. The minimum atomic E-state index is -3.07. The molecule has 1 aliphatic heterocycles. The SMILES string of the molecule is COc1ccc(N)c(NC(=O)C2CCS(=O)(=O)C2)c1. The van der Waals surface area contributed by atoms with Crippen molar-refractivity contribution >= 4 is 27.1 Å². The number of amides is 1. The van der Waals surface area contributed by atoms with Crippen LogP contribution < -0.4 is 15.8 Å². The van der Waals surface area contributed by atoms with Crippen LogP contribution in [0.25, 0.3) is 0 Å². The summed E-state index contributed by atoms with van der Waals surface area (Å²) in [6, 6.07) is 4.92. The van der Waals surface area contributed by atoms with Crippen LogP contribution in [0.2, 0.25) is 0 Å². The summed E-state index contributed by atoms with van der Waals surface area (Å²) in [4.78, 5) is 12.0. The predicted molar refractivity (Wildman–Crippen MR) is 72.8 cm³/mol. The number of hydrogen-bond donors (Lipinski definition) is 2. The van der Waals surface area contributed by atoms with Crippen LogP contribution in [0.5, 0.6) is 5.75 Å². The number of methoxy groups -OCH3 is 1. The maximum Gasteiger partial charge on any atom is 0.228 e. The van der Waals surface area contributed by atoms with Crippen molar-refractivity contribution in [2.24, 2.45) is 5.92 Å². The third kappa shape index (κ3) is 3.17. The van der Waals surface area contributed by atoms with Gasteiger partial charge < -0.3 is 15.8 Å². The fourth-order valence-electron chi connectivity index (χ4n) is 2.01. The Hall–Kier alpha value is -1.76. The lowest BCUT2D eigenvalue weighted by Gasteiger charge is -2.12. The first-order valence-electron chi connectivity index (χ1n) is 5.86. The van der Waals surface area contributed by atoms with Gasteiger partial charge in [0.1, 0.15) is 5.75 Å². The molecule has 19 heavy (non-hydrogen) atoms. The molecular weight excluding hydrogens is 268 g/mol. The van der Waals surface area contributed by atoms with Gasteiger partial charge in [-0.2, -0.15) is 0 Å². The number of nitrogen functional groups attached to an aromatic ring is 1. The first kappa shape index (κ1) is 13.7. The molecule has 0 aliphatic carbocycles. The van der Waals surface area contributed by atoms with Gasteiger partial charge >= 0.3 is 0 Å². The van der Waals surface area contributed by atoms with E-state index in [4.69, 9.17) is 10.5 Å². The summed E-state index contributed by atoms with van der Waals surface area (Å²) in [5.74, 6) is -0.276. The third-order valence-corrected chi connectivity index (χ3v) is 4.89. The Balaban J connectivity index is 2.11. The minimum absolute atomic E-state index is 0.0681. The van der Waals surface area contributed by atoms with Crippen molar-refractivity contribution < 1.29 is 17.9 Å². The average Bonchev–Trinajstić information content (AvgIpc) is 2.72. The van der Waals surface area contributed by atoms with Crippen molar-refractivity contribution in [1.82, 2.24) is 0 Å². The zero-order valence-electron chi connectivity index (χ0n) is 10.5. The second kappa shape index (κ2) is 5.08. The molecule has 1 unspecified atom stereocenters. The monoisotopic (exact) mass is 284 g/mol. The lowest BCUT2D eigenvalue weighted by molar-refractivity contribution is -0.119. The molecule has 1 aliphatic rings. The highest BCUT2D eigenvalue weighted by molar-refractivity contribution is 7.91. The van der Waals surface area contributed by atoms with Crippen molar-refractivity contribution in [2.75, 3.05) is 29.7 Å². The zero-order valence-corrected chi connectivity index (χ0v) is 11.4. The topological polar surface area (TPSA) is 98.5 Å². The molecule has 1 fully saturated rings. The summed E-state index contributed by atoms with van der Waals surface area (Å²) in [6.07, 6.45) is 0.359. The molecule has 1 atom stereocenters. The van der Waals surface area contributed by atoms with E-state index in [1.165, 1.54) is 7.11 Å². The molecule has 0 bridgehead atoms.